The van der Waals surface area contributed by atoms with Crippen LogP contribution in [0.5, 0.6) is 0 Å². The van der Waals surface area contributed by atoms with Crippen molar-refractivity contribution in [3.05, 3.63) is 0 Å². The molecule has 0 saturated carbocycles. The molecule has 0 aliphatic carbocycles. The first kappa shape index (κ1) is 17.3. The van der Waals surface area contributed by atoms with E-state index in [0.29, 0.717) is 0 Å². The van der Waals surface area contributed by atoms with E-state index >= 15 is 0 Å². The molecule has 1 atom stereocenters. The van der Waals surface area contributed by atoms with Gasteiger partial charge in [0, 0.05) is 6.42 Å². The summed E-state index contributed by atoms with van der Waals surface area (Å²) >= 11 is 0. The molecule has 0 bridgehead atoms. The molecule has 1 aliphatic heterocycles. The van der Waals surface area contributed by atoms with Crippen molar-refractivity contribution in [1.29, 1.82) is 0 Å². The fraction of sp³-hybridized carbons (Fsp3) is 1.00. The summed E-state index contributed by atoms with van der Waals surface area (Å²) in [6, 6.07) is 0. The van der Waals surface area contributed by atoms with Crippen LogP contribution in [-0.4, -0.2) is 49.9 Å². The van der Waals surface area contributed by atoms with Crippen LogP contribution in [0.3, 0.4) is 0 Å². The lowest BCUT2D eigenvalue weighted by Crippen LogP contribution is -2.62. The van der Waals surface area contributed by atoms with Crippen LogP contribution in [0.25, 0.3) is 0 Å². The molecular weight excluding hydrogens is 311 g/mol. The normalized spacial score (nSPS) is 21.4. The van der Waals surface area contributed by atoms with E-state index in [2.05, 4.69) is 9.47 Å². The predicted molar refractivity (Wildman–Crippen MR) is 46.1 cm³/mol. The molecule has 1 unspecified atom stereocenters. The van der Waals surface area contributed by atoms with Crippen molar-refractivity contribution >= 4 is 0 Å². The SMILES string of the molecule is FC(F)(F)C(F)(F)C(F)(CCOC1COC1)C(F)(F)F. The van der Waals surface area contributed by atoms with E-state index < -0.39 is 43.1 Å². The van der Waals surface area contributed by atoms with Crippen molar-refractivity contribution in [2.45, 2.75) is 36.5 Å². The maximum atomic E-state index is 13.4. The van der Waals surface area contributed by atoms with Gasteiger partial charge >= 0.3 is 18.3 Å². The second kappa shape index (κ2) is 5.24. The van der Waals surface area contributed by atoms with Gasteiger partial charge in [0.1, 0.15) is 6.10 Å². The molecule has 0 aromatic heterocycles. The molecule has 0 spiro atoms. The number of rotatable bonds is 5. The fourth-order valence-electron chi connectivity index (χ4n) is 1.38. The largest absolute Gasteiger partial charge is 0.457 e. The molecule has 2 nitrogen and oxygen atoms in total. The second-order valence-corrected chi connectivity index (χ2v) is 4.15. The van der Waals surface area contributed by atoms with Crippen molar-refractivity contribution in [2.24, 2.45) is 0 Å². The summed E-state index contributed by atoms with van der Waals surface area (Å²) in [6.45, 7) is -1.32. The monoisotopic (exact) mass is 320 g/mol. The molecule has 11 heteroatoms. The Morgan fingerprint density at radius 1 is 0.850 bits per heavy atom. The van der Waals surface area contributed by atoms with Crippen molar-refractivity contribution in [1.82, 2.24) is 0 Å². The average molecular weight is 320 g/mol. The maximum Gasteiger partial charge on any atom is 0.457 e. The topological polar surface area (TPSA) is 18.5 Å². The van der Waals surface area contributed by atoms with Crippen LogP contribution in [-0.2, 0) is 9.47 Å². The Labute approximate surface area is 106 Å². The third kappa shape index (κ3) is 2.97. The van der Waals surface area contributed by atoms with E-state index in [1.807, 2.05) is 0 Å². The molecule has 0 N–H and O–H groups in total. The number of halogens is 9. The van der Waals surface area contributed by atoms with Crippen LogP contribution in [0.4, 0.5) is 39.5 Å². The van der Waals surface area contributed by atoms with Gasteiger partial charge in [-0.25, -0.2) is 4.39 Å². The van der Waals surface area contributed by atoms with Gasteiger partial charge in [-0.1, -0.05) is 0 Å². The minimum atomic E-state index is -6.67. The quantitative estimate of drug-likeness (QED) is 0.724. The van der Waals surface area contributed by atoms with Gasteiger partial charge in [-0.15, -0.1) is 0 Å². The zero-order chi connectivity index (χ0) is 15.8. The van der Waals surface area contributed by atoms with Crippen molar-refractivity contribution in [2.75, 3.05) is 19.8 Å². The molecule has 1 rings (SSSR count). The molecule has 0 radical (unpaired) electrons. The van der Waals surface area contributed by atoms with Crippen molar-refractivity contribution in [3.8, 4) is 0 Å². The summed E-state index contributed by atoms with van der Waals surface area (Å²) in [5, 5.41) is 0. The molecule has 0 aromatic rings. The average Bonchev–Trinajstić information content (AvgIpc) is 2.17. The van der Waals surface area contributed by atoms with Gasteiger partial charge in [-0.05, 0) is 0 Å². The lowest BCUT2D eigenvalue weighted by atomic mass is 9.92. The first-order chi connectivity index (χ1) is 8.83. The Hall–Kier alpha value is -0.710. The van der Waals surface area contributed by atoms with E-state index in [0.717, 1.165) is 0 Å². The first-order valence-corrected chi connectivity index (χ1v) is 5.22. The van der Waals surface area contributed by atoms with Crippen LogP contribution < -0.4 is 0 Å². The third-order valence-corrected chi connectivity index (χ3v) is 2.71. The molecule has 20 heavy (non-hydrogen) atoms. The van der Waals surface area contributed by atoms with Gasteiger partial charge in [0.25, 0.3) is 5.67 Å². The minimum Gasteiger partial charge on any atom is -0.376 e. The molecule has 0 aromatic carbocycles. The Bertz CT molecular complexity index is 333. The van der Waals surface area contributed by atoms with Crippen LogP contribution in [0.15, 0.2) is 0 Å². The van der Waals surface area contributed by atoms with Gasteiger partial charge in [-0.2, -0.15) is 35.1 Å². The van der Waals surface area contributed by atoms with Crippen molar-refractivity contribution in [3.63, 3.8) is 0 Å². The fourth-order valence-corrected chi connectivity index (χ4v) is 1.38. The van der Waals surface area contributed by atoms with Crippen LogP contribution in [0.1, 0.15) is 6.42 Å². The highest BCUT2D eigenvalue weighted by atomic mass is 19.4. The van der Waals surface area contributed by atoms with Crippen LogP contribution in [0.2, 0.25) is 0 Å². The highest BCUT2D eigenvalue weighted by molar-refractivity contribution is 5.03. The third-order valence-electron chi connectivity index (χ3n) is 2.71. The predicted octanol–water partition coefficient (Wildman–Crippen LogP) is 3.26. The Kier molecular flexibility index (Phi) is 4.55. The van der Waals surface area contributed by atoms with E-state index in [1.54, 1.807) is 0 Å². The summed E-state index contributed by atoms with van der Waals surface area (Å²) in [4.78, 5) is 0. The van der Waals surface area contributed by atoms with Gasteiger partial charge in [0.05, 0.1) is 19.8 Å². The molecule has 120 valence electrons. The van der Waals surface area contributed by atoms with E-state index in [-0.39, 0.29) is 13.2 Å². The second-order valence-electron chi connectivity index (χ2n) is 4.15. The van der Waals surface area contributed by atoms with Gasteiger partial charge < -0.3 is 9.47 Å². The smallest absolute Gasteiger partial charge is 0.376 e. The lowest BCUT2D eigenvalue weighted by Gasteiger charge is -2.36. The standard InChI is InChI=1S/C9H9F9O2/c10-6(8(13,14)15,7(11,12)9(16,17)18)1-2-20-5-3-19-4-5/h5H,1-4H2. The Morgan fingerprint density at radius 2 is 1.35 bits per heavy atom. The minimum absolute atomic E-state index is 0.0407. The lowest BCUT2D eigenvalue weighted by molar-refractivity contribution is -0.386. The van der Waals surface area contributed by atoms with Crippen LogP contribution >= 0.6 is 0 Å². The number of ether oxygens (including phenoxy) is 2. The highest BCUT2D eigenvalue weighted by Gasteiger charge is 2.80. The zero-order valence-electron chi connectivity index (χ0n) is 9.62. The molecular formula is C9H9F9O2. The summed E-state index contributed by atoms with van der Waals surface area (Å²) in [5.41, 5.74) is -5.75. The van der Waals surface area contributed by atoms with E-state index in [1.165, 1.54) is 0 Å². The van der Waals surface area contributed by atoms with E-state index in [9.17, 15) is 39.5 Å². The van der Waals surface area contributed by atoms with Gasteiger partial charge in [-0.3, -0.25) is 0 Å². The van der Waals surface area contributed by atoms with E-state index in [4.69, 9.17) is 0 Å². The molecule has 1 aliphatic rings. The Morgan fingerprint density at radius 3 is 1.65 bits per heavy atom. The Balaban J connectivity index is 2.85. The maximum absolute atomic E-state index is 13.4. The van der Waals surface area contributed by atoms with Crippen molar-refractivity contribution < 1.29 is 49.0 Å². The highest BCUT2D eigenvalue weighted by Crippen LogP contribution is 2.54. The molecule has 1 heterocycles. The number of hydrogen-bond donors (Lipinski definition) is 0. The first-order valence-electron chi connectivity index (χ1n) is 5.22. The summed E-state index contributed by atoms with van der Waals surface area (Å²) in [7, 11) is 0. The molecule has 0 amide bonds. The van der Waals surface area contributed by atoms with Gasteiger partial charge in [0.15, 0.2) is 0 Å². The van der Waals surface area contributed by atoms with Gasteiger partial charge in [0.2, 0.25) is 0 Å². The number of alkyl halides is 9. The molecule has 1 fully saturated rings. The summed E-state index contributed by atoms with van der Waals surface area (Å²) in [6.07, 6.45) is -16.0. The summed E-state index contributed by atoms with van der Waals surface area (Å²) < 4.78 is 121. The van der Waals surface area contributed by atoms with Crippen LogP contribution in [0, 0.1) is 0 Å². The molecule has 1 saturated heterocycles. The number of hydrogen-bond acceptors (Lipinski definition) is 2. The summed E-state index contributed by atoms with van der Waals surface area (Å²) in [5.74, 6) is -6.57. The zero-order valence-corrected chi connectivity index (χ0v) is 9.62.